The van der Waals surface area contributed by atoms with Crippen molar-refractivity contribution < 1.29 is 18.0 Å². The number of amides is 2. The SMILES string of the molecule is NC(=O)c1ccccc1NCC(=O)N(c1ccccc1)C1CCS(=O)(=O)C1. The first-order valence-corrected chi connectivity index (χ1v) is 10.4. The largest absolute Gasteiger partial charge is 0.375 e. The zero-order chi connectivity index (χ0) is 19.4. The lowest BCUT2D eigenvalue weighted by Crippen LogP contribution is -2.44. The lowest BCUT2D eigenvalue weighted by Gasteiger charge is -2.28. The molecule has 27 heavy (non-hydrogen) atoms. The van der Waals surface area contributed by atoms with Crippen LogP contribution in [0.4, 0.5) is 11.4 Å². The second kappa shape index (κ2) is 7.79. The average Bonchev–Trinajstić information content (AvgIpc) is 3.00. The van der Waals surface area contributed by atoms with E-state index in [-0.39, 0.29) is 24.0 Å². The molecular formula is C19H21N3O4S. The third-order valence-electron chi connectivity index (χ3n) is 4.50. The van der Waals surface area contributed by atoms with Gasteiger partial charge in [0.2, 0.25) is 5.91 Å². The van der Waals surface area contributed by atoms with E-state index in [1.165, 1.54) is 4.90 Å². The summed E-state index contributed by atoms with van der Waals surface area (Å²) in [6, 6.07) is 15.2. The second-order valence-electron chi connectivity index (χ2n) is 6.42. The number of anilines is 2. The molecular weight excluding hydrogens is 366 g/mol. The van der Waals surface area contributed by atoms with Gasteiger partial charge in [-0.25, -0.2) is 8.42 Å². The highest BCUT2D eigenvalue weighted by Crippen LogP contribution is 2.25. The summed E-state index contributed by atoms with van der Waals surface area (Å²) < 4.78 is 23.8. The first-order valence-electron chi connectivity index (χ1n) is 8.57. The molecule has 2 aromatic rings. The molecule has 0 radical (unpaired) electrons. The van der Waals surface area contributed by atoms with Gasteiger partial charge in [0.1, 0.15) is 0 Å². The molecule has 1 saturated heterocycles. The van der Waals surface area contributed by atoms with Crippen LogP contribution in [-0.2, 0) is 14.6 Å². The van der Waals surface area contributed by atoms with Crippen LogP contribution in [0, 0.1) is 0 Å². The number of benzene rings is 2. The topological polar surface area (TPSA) is 110 Å². The van der Waals surface area contributed by atoms with Crippen molar-refractivity contribution in [2.45, 2.75) is 12.5 Å². The number of nitrogens with two attached hydrogens (primary N) is 1. The van der Waals surface area contributed by atoms with Gasteiger partial charge >= 0.3 is 0 Å². The first kappa shape index (κ1) is 18.9. The molecule has 2 aromatic carbocycles. The minimum absolute atomic E-state index is 0.0501. The molecule has 1 aliphatic heterocycles. The van der Waals surface area contributed by atoms with Gasteiger partial charge in [0.15, 0.2) is 9.84 Å². The highest BCUT2D eigenvalue weighted by atomic mass is 32.2. The Kier molecular flexibility index (Phi) is 5.46. The van der Waals surface area contributed by atoms with E-state index in [0.29, 0.717) is 23.4 Å². The van der Waals surface area contributed by atoms with Gasteiger partial charge in [0.25, 0.3) is 5.91 Å². The Hall–Kier alpha value is -2.87. The molecule has 8 heteroatoms. The van der Waals surface area contributed by atoms with E-state index in [2.05, 4.69) is 5.32 Å². The van der Waals surface area contributed by atoms with Crippen LogP contribution in [0.2, 0.25) is 0 Å². The molecule has 142 valence electrons. The monoisotopic (exact) mass is 387 g/mol. The molecule has 1 heterocycles. The smallest absolute Gasteiger partial charge is 0.250 e. The summed E-state index contributed by atoms with van der Waals surface area (Å²) in [7, 11) is -3.14. The predicted molar refractivity (Wildman–Crippen MR) is 104 cm³/mol. The number of hydrogen-bond acceptors (Lipinski definition) is 5. The fraction of sp³-hybridized carbons (Fsp3) is 0.263. The van der Waals surface area contributed by atoms with Crippen LogP contribution in [0.25, 0.3) is 0 Å². The fourth-order valence-corrected chi connectivity index (χ4v) is 4.93. The van der Waals surface area contributed by atoms with Gasteiger partial charge in [-0.2, -0.15) is 0 Å². The van der Waals surface area contributed by atoms with Gasteiger partial charge in [0, 0.05) is 11.4 Å². The number of carbonyl (C=O) groups is 2. The van der Waals surface area contributed by atoms with Crippen molar-refractivity contribution in [3.8, 4) is 0 Å². The zero-order valence-electron chi connectivity index (χ0n) is 14.7. The number of nitrogens with one attached hydrogen (secondary N) is 1. The molecule has 0 aromatic heterocycles. The van der Waals surface area contributed by atoms with Crippen LogP contribution in [0.3, 0.4) is 0 Å². The van der Waals surface area contributed by atoms with Gasteiger partial charge in [-0.15, -0.1) is 0 Å². The number of nitrogens with zero attached hydrogens (tertiary/aromatic N) is 1. The van der Waals surface area contributed by atoms with Crippen molar-refractivity contribution in [1.82, 2.24) is 0 Å². The molecule has 0 aliphatic carbocycles. The Labute approximate surface area is 158 Å². The van der Waals surface area contributed by atoms with Crippen LogP contribution in [0.5, 0.6) is 0 Å². The van der Waals surface area contributed by atoms with Crippen LogP contribution >= 0.6 is 0 Å². The Morgan fingerprint density at radius 3 is 2.37 bits per heavy atom. The van der Waals surface area contributed by atoms with Crippen LogP contribution in [-0.4, -0.2) is 44.3 Å². The van der Waals surface area contributed by atoms with Gasteiger partial charge in [-0.05, 0) is 30.7 Å². The molecule has 0 saturated carbocycles. The standard InChI is InChI=1S/C19H21N3O4S/c20-19(24)16-8-4-5-9-17(16)21-12-18(23)22(14-6-2-1-3-7-14)15-10-11-27(25,26)13-15/h1-9,15,21H,10-13H2,(H2,20,24). The van der Waals surface area contributed by atoms with E-state index in [1.807, 2.05) is 6.07 Å². The molecule has 1 aliphatic rings. The highest BCUT2D eigenvalue weighted by molar-refractivity contribution is 7.91. The lowest BCUT2D eigenvalue weighted by atomic mass is 10.1. The maximum atomic E-state index is 12.9. The number of carbonyl (C=O) groups excluding carboxylic acids is 2. The first-order chi connectivity index (χ1) is 12.9. The van der Waals surface area contributed by atoms with E-state index in [0.717, 1.165) is 0 Å². The number of para-hydroxylation sites is 2. The number of rotatable bonds is 6. The Balaban J connectivity index is 1.81. The molecule has 0 spiro atoms. The minimum atomic E-state index is -3.14. The Morgan fingerprint density at radius 2 is 1.74 bits per heavy atom. The number of hydrogen-bond donors (Lipinski definition) is 2. The summed E-state index contributed by atoms with van der Waals surface area (Å²) in [4.78, 5) is 26.0. The van der Waals surface area contributed by atoms with Crippen LogP contribution in [0.15, 0.2) is 54.6 Å². The van der Waals surface area contributed by atoms with Crippen LogP contribution < -0.4 is 16.0 Å². The third-order valence-corrected chi connectivity index (χ3v) is 6.25. The van der Waals surface area contributed by atoms with Crippen molar-refractivity contribution in [3.05, 3.63) is 60.2 Å². The van der Waals surface area contributed by atoms with Crippen molar-refractivity contribution in [2.75, 3.05) is 28.3 Å². The summed E-state index contributed by atoms with van der Waals surface area (Å²) in [5.74, 6) is -0.840. The molecule has 1 fully saturated rings. The minimum Gasteiger partial charge on any atom is -0.375 e. The molecule has 3 N–H and O–H groups in total. The van der Waals surface area contributed by atoms with Gasteiger partial charge in [-0.3, -0.25) is 9.59 Å². The van der Waals surface area contributed by atoms with Gasteiger partial charge in [0.05, 0.1) is 29.7 Å². The molecule has 1 unspecified atom stereocenters. The maximum Gasteiger partial charge on any atom is 0.250 e. The lowest BCUT2D eigenvalue weighted by molar-refractivity contribution is -0.117. The zero-order valence-corrected chi connectivity index (χ0v) is 15.5. The van der Waals surface area contributed by atoms with Crippen molar-refractivity contribution in [3.63, 3.8) is 0 Å². The van der Waals surface area contributed by atoms with Gasteiger partial charge in [-0.1, -0.05) is 30.3 Å². The Morgan fingerprint density at radius 1 is 1.07 bits per heavy atom. The summed E-state index contributed by atoms with van der Waals surface area (Å²) in [5.41, 5.74) is 6.76. The summed E-state index contributed by atoms with van der Waals surface area (Å²) in [5, 5.41) is 2.95. The third kappa shape index (κ3) is 4.46. The van der Waals surface area contributed by atoms with Crippen molar-refractivity contribution in [2.24, 2.45) is 5.73 Å². The Bertz CT molecular complexity index is 944. The quantitative estimate of drug-likeness (QED) is 0.779. The number of sulfone groups is 1. The van der Waals surface area contributed by atoms with E-state index in [9.17, 15) is 18.0 Å². The summed E-state index contributed by atoms with van der Waals surface area (Å²) in [6.07, 6.45) is 0.404. The average molecular weight is 387 g/mol. The van der Waals surface area contributed by atoms with E-state index >= 15 is 0 Å². The maximum absolute atomic E-state index is 12.9. The van der Waals surface area contributed by atoms with Crippen molar-refractivity contribution in [1.29, 1.82) is 0 Å². The van der Waals surface area contributed by atoms with E-state index in [4.69, 9.17) is 5.73 Å². The molecule has 1 atom stereocenters. The summed E-state index contributed by atoms with van der Waals surface area (Å²) >= 11 is 0. The predicted octanol–water partition coefficient (Wildman–Crippen LogP) is 1.42. The normalized spacial score (nSPS) is 18.0. The molecule has 2 amide bonds. The highest BCUT2D eigenvalue weighted by Gasteiger charge is 2.35. The number of primary amides is 1. The van der Waals surface area contributed by atoms with Crippen LogP contribution in [0.1, 0.15) is 16.8 Å². The van der Waals surface area contributed by atoms with Gasteiger partial charge < -0.3 is 16.0 Å². The molecule has 0 bridgehead atoms. The summed E-state index contributed by atoms with van der Waals surface area (Å²) in [6.45, 7) is -0.0876. The van der Waals surface area contributed by atoms with E-state index in [1.54, 1.807) is 48.5 Å². The second-order valence-corrected chi connectivity index (χ2v) is 8.65. The molecule has 7 nitrogen and oxygen atoms in total. The van der Waals surface area contributed by atoms with Crippen molar-refractivity contribution >= 4 is 33.0 Å². The fourth-order valence-electron chi connectivity index (χ4n) is 3.23. The molecule has 3 rings (SSSR count). The van der Waals surface area contributed by atoms with E-state index < -0.39 is 21.8 Å².